The predicted octanol–water partition coefficient (Wildman–Crippen LogP) is 13.0. The number of nitrogens with zero attached hydrogens (tertiary/aromatic N) is 2. The van der Waals surface area contributed by atoms with Crippen LogP contribution in [0.1, 0.15) is 0 Å². The molecule has 0 unspecified atom stereocenters. The lowest BCUT2D eigenvalue weighted by Crippen LogP contribution is -1.92. The summed E-state index contributed by atoms with van der Waals surface area (Å²) in [6.45, 7) is 0. The van der Waals surface area contributed by atoms with Crippen molar-refractivity contribution in [3.8, 4) is 33.6 Å². The first kappa shape index (κ1) is 26.9. The predicted molar refractivity (Wildman–Crippen MR) is 210 cm³/mol. The Morgan fingerprint density at radius 3 is 1.84 bits per heavy atom. The van der Waals surface area contributed by atoms with E-state index in [1.807, 2.05) is 11.3 Å². The number of rotatable bonds is 3. The van der Waals surface area contributed by atoms with Crippen molar-refractivity contribution >= 4 is 85.6 Å². The quantitative estimate of drug-likeness (QED) is 0.180. The van der Waals surface area contributed by atoms with Crippen molar-refractivity contribution in [2.45, 2.75) is 0 Å². The third-order valence-electron chi connectivity index (χ3n) is 10.2. The largest absolute Gasteiger partial charge is 0.245 e. The molecule has 0 aliphatic carbocycles. The Hall–Kier alpha value is -6.16. The molecule has 49 heavy (non-hydrogen) atoms. The second-order valence-corrected chi connectivity index (χ2v) is 14.0. The molecule has 0 radical (unpaired) electrons. The topological polar surface area (TPSA) is 25.8 Å². The maximum atomic E-state index is 5.35. The lowest BCUT2D eigenvalue weighted by Gasteiger charge is -2.14. The Kier molecular flexibility index (Phi) is 5.57. The zero-order chi connectivity index (χ0) is 32.1. The molecule has 0 aliphatic rings. The molecule has 3 heterocycles. The normalized spacial score (nSPS) is 12.1. The SMILES string of the molecule is c1cc(-c2ccc3ccc4ccc(-c5ccc6ccc7cccc8ccc5c6c78)nc4c3n2)cc(-c2cccc3c2sc2ccccc23)c1. The molecule has 2 nitrogen and oxygen atoms in total. The van der Waals surface area contributed by atoms with Crippen LogP contribution in [0.2, 0.25) is 0 Å². The lowest BCUT2D eigenvalue weighted by molar-refractivity contribution is 1.37. The summed E-state index contributed by atoms with van der Waals surface area (Å²) in [4.78, 5) is 10.7. The van der Waals surface area contributed by atoms with Crippen molar-refractivity contribution < 1.29 is 0 Å². The summed E-state index contributed by atoms with van der Waals surface area (Å²) in [5.41, 5.74) is 8.45. The second-order valence-electron chi connectivity index (χ2n) is 12.9. The number of hydrogen-bond donors (Lipinski definition) is 0. The van der Waals surface area contributed by atoms with Gasteiger partial charge in [0.1, 0.15) is 0 Å². The zero-order valence-corrected chi connectivity index (χ0v) is 27.1. The van der Waals surface area contributed by atoms with Crippen molar-refractivity contribution in [2.75, 3.05) is 0 Å². The molecule has 0 N–H and O–H groups in total. The molecular weight excluding hydrogens is 613 g/mol. The van der Waals surface area contributed by atoms with Gasteiger partial charge in [-0.3, -0.25) is 0 Å². The average molecular weight is 639 g/mol. The highest BCUT2D eigenvalue weighted by Crippen LogP contribution is 2.42. The van der Waals surface area contributed by atoms with Gasteiger partial charge in [0.15, 0.2) is 0 Å². The van der Waals surface area contributed by atoms with Crippen LogP contribution in [0.4, 0.5) is 0 Å². The van der Waals surface area contributed by atoms with Crippen LogP contribution in [0.25, 0.3) is 108 Å². The van der Waals surface area contributed by atoms with E-state index >= 15 is 0 Å². The van der Waals surface area contributed by atoms with Crippen LogP contribution in [0, 0.1) is 0 Å². The highest BCUT2D eigenvalue weighted by atomic mass is 32.1. The Bertz CT molecular complexity index is 3100. The number of aromatic nitrogens is 2. The summed E-state index contributed by atoms with van der Waals surface area (Å²) in [5, 5.41) is 12.5. The fourth-order valence-corrected chi connectivity index (χ4v) is 9.10. The van der Waals surface area contributed by atoms with Gasteiger partial charge in [-0.2, -0.15) is 0 Å². The molecule has 0 fully saturated rings. The van der Waals surface area contributed by atoms with Gasteiger partial charge in [-0.25, -0.2) is 9.97 Å². The molecule has 0 saturated heterocycles. The summed E-state index contributed by atoms with van der Waals surface area (Å²) in [6.07, 6.45) is 0. The first-order valence-corrected chi connectivity index (χ1v) is 17.5. The van der Waals surface area contributed by atoms with Gasteiger partial charge in [0.25, 0.3) is 0 Å². The second kappa shape index (κ2) is 10.2. The van der Waals surface area contributed by atoms with E-state index in [1.54, 1.807) is 0 Å². The molecule has 0 bridgehead atoms. The number of hydrogen-bond acceptors (Lipinski definition) is 3. The molecule has 0 atom stereocenters. The molecule has 11 rings (SSSR count). The van der Waals surface area contributed by atoms with E-state index < -0.39 is 0 Å². The van der Waals surface area contributed by atoms with Gasteiger partial charge >= 0.3 is 0 Å². The van der Waals surface area contributed by atoms with Crippen LogP contribution in [0.3, 0.4) is 0 Å². The molecule has 226 valence electrons. The molecule has 3 aromatic heterocycles. The molecule has 0 saturated carbocycles. The van der Waals surface area contributed by atoms with Crippen molar-refractivity contribution in [3.05, 3.63) is 158 Å². The minimum Gasteiger partial charge on any atom is -0.245 e. The van der Waals surface area contributed by atoms with Crippen molar-refractivity contribution in [1.29, 1.82) is 0 Å². The van der Waals surface area contributed by atoms with E-state index in [4.69, 9.17) is 9.97 Å². The standard InChI is InChI=1S/C46H26N2S/c1-2-13-41-36(10-1)38-12-5-11-34(46(38)49-41)32-8-4-9-33(26-32)39-24-20-30-16-17-31-21-25-40(48-45(31)44(30)47-39)35-22-18-29-15-14-27-6-3-7-28-19-23-37(35)43(29)42(27)28/h1-26H. The fourth-order valence-electron chi connectivity index (χ4n) is 7.86. The zero-order valence-electron chi connectivity index (χ0n) is 26.3. The number of benzene rings is 8. The van der Waals surface area contributed by atoms with Crippen molar-refractivity contribution in [3.63, 3.8) is 0 Å². The van der Waals surface area contributed by atoms with Gasteiger partial charge in [0, 0.05) is 42.1 Å². The number of fused-ring (bicyclic) bond motifs is 6. The molecule has 0 aliphatic heterocycles. The third kappa shape index (κ3) is 4.00. The van der Waals surface area contributed by atoms with Crippen LogP contribution >= 0.6 is 11.3 Å². The van der Waals surface area contributed by atoms with Gasteiger partial charge < -0.3 is 0 Å². The van der Waals surface area contributed by atoms with E-state index in [2.05, 4.69) is 158 Å². The van der Waals surface area contributed by atoms with E-state index in [-0.39, 0.29) is 0 Å². The molecule has 8 aromatic carbocycles. The lowest BCUT2D eigenvalue weighted by atomic mass is 9.91. The Balaban J connectivity index is 1.07. The minimum atomic E-state index is 0.923. The van der Waals surface area contributed by atoms with Crippen molar-refractivity contribution in [1.82, 2.24) is 9.97 Å². The minimum absolute atomic E-state index is 0.923. The van der Waals surface area contributed by atoms with Crippen LogP contribution in [0.15, 0.2) is 158 Å². The van der Waals surface area contributed by atoms with Gasteiger partial charge in [-0.15, -0.1) is 11.3 Å². The summed E-state index contributed by atoms with van der Waals surface area (Å²) >= 11 is 1.87. The Labute approximate surface area is 285 Å². The number of pyridine rings is 2. The molecular formula is C46H26N2S. The van der Waals surface area contributed by atoms with Crippen LogP contribution < -0.4 is 0 Å². The fraction of sp³-hybridized carbons (Fsp3) is 0. The van der Waals surface area contributed by atoms with Crippen LogP contribution in [-0.4, -0.2) is 9.97 Å². The van der Waals surface area contributed by atoms with E-state index in [1.165, 1.54) is 63.6 Å². The van der Waals surface area contributed by atoms with E-state index in [0.717, 1.165) is 44.3 Å². The summed E-state index contributed by atoms with van der Waals surface area (Å²) in [6, 6.07) is 57.1. The summed E-state index contributed by atoms with van der Waals surface area (Å²) in [5.74, 6) is 0. The van der Waals surface area contributed by atoms with E-state index in [0.29, 0.717) is 0 Å². The van der Waals surface area contributed by atoms with E-state index in [9.17, 15) is 0 Å². The van der Waals surface area contributed by atoms with Gasteiger partial charge in [0.05, 0.1) is 22.4 Å². The van der Waals surface area contributed by atoms with Crippen molar-refractivity contribution in [2.24, 2.45) is 0 Å². The highest BCUT2D eigenvalue weighted by Gasteiger charge is 2.15. The maximum Gasteiger partial charge on any atom is 0.0972 e. The first-order chi connectivity index (χ1) is 24.3. The highest BCUT2D eigenvalue weighted by molar-refractivity contribution is 7.26. The van der Waals surface area contributed by atoms with Crippen LogP contribution in [-0.2, 0) is 0 Å². The van der Waals surface area contributed by atoms with Gasteiger partial charge in [-0.05, 0) is 67.7 Å². The number of thiophene rings is 1. The molecule has 0 amide bonds. The average Bonchev–Trinajstić information content (AvgIpc) is 3.55. The van der Waals surface area contributed by atoms with Gasteiger partial charge in [-0.1, -0.05) is 133 Å². The Morgan fingerprint density at radius 1 is 0.367 bits per heavy atom. The van der Waals surface area contributed by atoms with Crippen LogP contribution in [0.5, 0.6) is 0 Å². The summed E-state index contributed by atoms with van der Waals surface area (Å²) in [7, 11) is 0. The summed E-state index contributed by atoms with van der Waals surface area (Å²) < 4.78 is 2.64. The molecule has 11 aromatic rings. The first-order valence-electron chi connectivity index (χ1n) is 16.7. The maximum absolute atomic E-state index is 5.35. The third-order valence-corrected chi connectivity index (χ3v) is 11.4. The monoisotopic (exact) mass is 638 g/mol. The molecule has 3 heteroatoms. The smallest absolute Gasteiger partial charge is 0.0972 e. The Morgan fingerprint density at radius 2 is 0.980 bits per heavy atom. The molecule has 0 spiro atoms. The van der Waals surface area contributed by atoms with Gasteiger partial charge in [0.2, 0.25) is 0 Å².